The maximum absolute atomic E-state index is 12.0. The maximum atomic E-state index is 12.0. The number of thiophene rings is 1. The third kappa shape index (κ3) is 2.94. The summed E-state index contributed by atoms with van der Waals surface area (Å²) in [6.45, 7) is 0.470. The Morgan fingerprint density at radius 1 is 1.06 bits per heavy atom. The van der Waals surface area contributed by atoms with Gasteiger partial charge in [-0.2, -0.15) is 0 Å². The summed E-state index contributed by atoms with van der Waals surface area (Å²) >= 11 is 1.25. The van der Waals surface area contributed by atoms with Crippen molar-refractivity contribution >= 4 is 21.2 Å². The number of hydrogen-bond acceptors (Lipinski definition) is 4. The third-order valence-electron chi connectivity index (χ3n) is 2.42. The van der Waals surface area contributed by atoms with Crippen molar-refractivity contribution in [1.29, 1.82) is 0 Å². The molecule has 5 heteroatoms. The van der Waals surface area contributed by atoms with Crippen LogP contribution in [0.3, 0.4) is 0 Å². The molecule has 0 spiro atoms. The standard InChI is InChI=1S/C12H13NO2S2/c13-8-10-3-5-11(6-4-10)9-17(14,15)12-2-1-7-16-12/h1-7H,8-9,13H2. The average molecular weight is 267 g/mol. The highest BCUT2D eigenvalue weighted by Crippen LogP contribution is 2.21. The summed E-state index contributed by atoms with van der Waals surface area (Å²) in [5, 5.41) is 1.77. The first kappa shape index (κ1) is 12.3. The molecule has 0 bridgehead atoms. The highest BCUT2D eigenvalue weighted by Gasteiger charge is 2.15. The molecule has 0 aliphatic carbocycles. The predicted octanol–water partition coefficient (Wildman–Crippen LogP) is 2.18. The molecule has 0 radical (unpaired) electrons. The van der Waals surface area contributed by atoms with Crippen LogP contribution in [0.1, 0.15) is 11.1 Å². The topological polar surface area (TPSA) is 60.2 Å². The number of benzene rings is 1. The van der Waals surface area contributed by atoms with Gasteiger partial charge < -0.3 is 5.73 Å². The minimum Gasteiger partial charge on any atom is -0.326 e. The minimum atomic E-state index is -3.20. The van der Waals surface area contributed by atoms with Crippen molar-refractivity contribution in [2.75, 3.05) is 0 Å². The Morgan fingerprint density at radius 2 is 1.71 bits per heavy atom. The highest BCUT2D eigenvalue weighted by molar-refractivity contribution is 7.92. The maximum Gasteiger partial charge on any atom is 0.191 e. The smallest absolute Gasteiger partial charge is 0.191 e. The fourth-order valence-corrected chi connectivity index (χ4v) is 3.94. The van der Waals surface area contributed by atoms with Crippen molar-refractivity contribution in [3.63, 3.8) is 0 Å². The van der Waals surface area contributed by atoms with Crippen molar-refractivity contribution in [3.05, 3.63) is 52.9 Å². The van der Waals surface area contributed by atoms with E-state index in [1.807, 2.05) is 24.3 Å². The van der Waals surface area contributed by atoms with Crippen LogP contribution in [0.4, 0.5) is 0 Å². The van der Waals surface area contributed by atoms with Crippen LogP contribution in [-0.4, -0.2) is 8.42 Å². The van der Waals surface area contributed by atoms with Crippen LogP contribution >= 0.6 is 11.3 Å². The lowest BCUT2D eigenvalue weighted by molar-refractivity contribution is 0.597. The van der Waals surface area contributed by atoms with Gasteiger partial charge in [-0.1, -0.05) is 30.3 Å². The summed E-state index contributed by atoms with van der Waals surface area (Å²) < 4.78 is 24.4. The Labute approximate surface area is 105 Å². The quantitative estimate of drug-likeness (QED) is 0.923. The summed E-state index contributed by atoms with van der Waals surface area (Å²) in [6, 6.07) is 10.7. The molecule has 90 valence electrons. The van der Waals surface area contributed by atoms with Gasteiger partial charge in [0.25, 0.3) is 0 Å². The predicted molar refractivity (Wildman–Crippen MR) is 69.5 cm³/mol. The third-order valence-corrected chi connectivity index (χ3v) is 5.59. The number of sulfone groups is 1. The summed E-state index contributed by atoms with van der Waals surface area (Å²) in [5.74, 6) is 0.0400. The molecule has 2 N–H and O–H groups in total. The Hall–Kier alpha value is -1.17. The van der Waals surface area contributed by atoms with Crippen LogP contribution in [-0.2, 0) is 22.1 Å². The molecule has 1 heterocycles. The van der Waals surface area contributed by atoms with Crippen molar-refractivity contribution in [1.82, 2.24) is 0 Å². The Morgan fingerprint density at radius 3 is 2.24 bits per heavy atom. The molecule has 2 aromatic rings. The molecule has 0 amide bonds. The molecule has 2 rings (SSSR count). The van der Waals surface area contributed by atoms with Crippen LogP contribution in [0.2, 0.25) is 0 Å². The van der Waals surface area contributed by atoms with E-state index in [9.17, 15) is 8.42 Å². The SMILES string of the molecule is NCc1ccc(CS(=O)(=O)c2cccs2)cc1. The molecule has 0 unspecified atom stereocenters. The molecule has 0 saturated carbocycles. The summed E-state index contributed by atoms with van der Waals surface area (Å²) in [7, 11) is -3.20. The lowest BCUT2D eigenvalue weighted by Crippen LogP contribution is -2.03. The molecule has 1 aromatic carbocycles. The van der Waals surface area contributed by atoms with E-state index >= 15 is 0 Å². The van der Waals surface area contributed by atoms with E-state index in [0.717, 1.165) is 11.1 Å². The first-order chi connectivity index (χ1) is 8.12. The van der Waals surface area contributed by atoms with E-state index < -0.39 is 9.84 Å². The van der Waals surface area contributed by atoms with Gasteiger partial charge in [0.05, 0.1) is 5.75 Å². The second-order valence-corrected chi connectivity index (χ2v) is 6.88. The van der Waals surface area contributed by atoms with E-state index in [-0.39, 0.29) is 5.75 Å². The van der Waals surface area contributed by atoms with Gasteiger partial charge in [-0.15, -0.1) is 11.3 Å². The van der Waals surface area contributed by atoms with Crippen molar-refractivity contribution in [2.45, 2.75) is 16.5 Å². The van der Waals surface area contributed by atoms with Gasteiger partial charge in [-0.3, -0.25) is 0 Å². The Bertz CT molecular complexity index is 571. The van der Waals surface area contributed by atoms with Gasteiger partial charge in [-0.05, 0) is 22.6 Å². The number of rotatable bonds is 4. The molecule has 0 aliphatic heterocycles. The van der Waals surface area contributed by atoms with Crippen molar-refractivity contribution < 1.29 is 8.42 Å². The second kappa shape index (κ2) is 5.00. The highest BCUT2D eigenvalue weighted by atomic mass is 32.2. The van der Waals surface area contributed by atoms with Crippen LogP contribution in [0.5, 0.6) is 0 Å². The van der Waals surface area contributed by atoms with E-state index in [2.05, 4.69) is 0 Å². The van der Waals surface area contributed by atoms with E-state index in [4.69, 9.17) is 5.73 Å². The molecular weight excluding hydrogens is 254 g/mol. The first-order valence-corrected chi connectivity index (χ1v) is 7.69. The van der Waals surface area contributed by atoms with E-state index in [1.165, 1.54) is 11.3 Å². The second-order valence-electron chi connectivity index (χ2n) is 3.71. The van der Waals surface area contributed by atoms with Gasteiger partial charge in [0.1, 0.15) is 4.21 Å². The fraction of sp³-hybridized carbons (Fsp3) is 0.167. The zero-order valence-electron chi connectivity index (χ0n) is 9.17. The molecule has 17 heavy (non-hydrogen) atoms. The lowest BCUT2D eigenvalue weighted by atomic mass is 10.1. The van der Waals surface area contributed by atoms with Gasteiger partial charge in [0.15, 0.2) is 9.84 Å². The fourth-order valence-electron chi connectivity index (χ4n) is 1.50. The van der Waals surface area contributed by atoms with Gasteiger partial charge in [0, 0.05) is 6.54 Å². The molecule has 1 aromatic heterocycles. The van der Waals surface area contributed by atoms with Crippen LogP contribution < -0.4 is 5.73 Å². The van der Waals surface area contributed by atoms with E-state index in [1.54, 1.807) is 17.5 Å². The molecule has 0 saturated heterocycles. The monoisotopic (exact) mass is 267 g/mol. The van der Waals surface area contributed by atoms with Crippen LogP contribution in [0.15, 0.2) is 46.0 Å². The van der Waals surface area contributed by atoms with Gasteiger partial charge in [0.2, 0.25) is 0 Å². The van der Waals surface area contributed by atoms with Gasteiger partial charge in [-0.25, -0.2) is 8.42 Å². The van der Waals surface area contributed by atoms with E-state index in [0.29, 0.717) is 10.8 Å². The minimum absolute atomic E-state index is 0.0400. The van der Waals surface area contributed by atoms with Crippen LogP contribution in [0.25, 0.3) is 0 Å². The molecule has 3 nitrogen and oxygen atoms in total. The van der Waals surface area contributed by atoms with Crippen molar-refractivity contribution in [2.24, 2.45) is 5.73 Å². The summed E-state index contributed by atoms with van der Waals surface area (Å²) in [6.07, 6.45) is 0. The zero-order chi connectivity index (χ0) is 12.3. The van der Waals surface area contributed by atoms with Crippen LogP contribution in [0, 0.1) is 0 Å². The zero-order valence-corrected chi connectivity index (χ0v) is 10.8. The molecule has 0 aliphatic rings. The molecule has 0 atom stereocenters. The Balaban J connectivity index is 2.21. The van der Waals surface area contributed by atoms with Gasteiger partial charge >= 0.3 is 0 Å². The number of hydrogen-bond donors (Lipinski definition) is 1. The lowest BCUT2D eigenvalue weighted by Gasteiger charge is -2.03. The average Bonchev–Trinajstić information content (AvgIpc) is 2.84. The first-order valence-electron chi connectivity index (χ1n) is 5.16. The summed E-state index contributed by atoms with van der Waals surface area (Å²) in [5.41, 5.74) is 7.28. The summed E-state index contributed by atoms with van der Waals surface area (Å²) in [4.78, 5) is 0. The molecule has 0 fully saturated rings. The number of nitrogens with two attached hydrogens (primary N) is 1. The Kier molecular flexibility index (Phi) is 3.61. The normalized spacial score (nSPS) is 11.6. The molecular formula is C12H13NO2S2. The largest absolute Gasteiger partial charge is 0.326 e. The van der Waals surface area contributed by atoms with Crippen molar-refractivity contribution in [3.8, 4) is 0 Å².